The number of hydrogen-bond donors (Lipinski definition) is 0. The fraction of sp³-hybridized carbons (Fsp3) is 0.400. The van der Waals surface area contributed by atoms with E-state index in [0.29, 0.717) is 19.0 Å². The van der Waals surface area contributed by atoms with Crippen molar-refractivity contribution in [3.05, 3.63) is 66.0 Å². The maximum Gasteiger partial charge on any atom is 0.410 e. The van der Waals surface area contributed by atoms with Crippen LogP contribution in [0, 0.1) is 0 Å². The number of imidazole rings is 1. The quantitative estimate of drug-likeness (QED) is 0.464. The summed E-state index contributed by atoms with van der Waals surface area (Å²) >= 11 is 0. The van der Waals surface area contributed by atoms with Crippen molar-refractivity contribution >= 4 is 6.09 Å². The zero-order valence-electron chi connectivity index (χ0n) is 18.3. The lowest BCUT2D eigenvalue weighted by Gasteiger charge is -2.32. The molecule has 5 rings (SSSR count). The molecule has 0 atom stereocenters. The van der Waals surface area contributed by atoms with Gasteiger partial charge in [-0.1, -0.05) is 24.3 Å². The van der Waals surface area contributed by atoms with Gasteiger partial charge < -0.3 is 14.2 Å². The Morgan fingerprint density at radius 3 is 2.65 bits per heavy atom. The van der Waals surface area contributed by atoms with Crippen molar-refractivity contribution < 1.29 is 9.53 Å². The topological polar surface area (TPSA) is 60.2 Å². The molecule has 0 spiro atoms. The molecule has 2 aliphatic rings. The van der Waals surface area contributed by atoms with Gasteiger partial charge in [0.15, 0.2) is 0 Å². The Kier molecular flexibility index (Phi) is 4.80. The van der Waals surface area contributed by atoms with Crippen LogP contribution < -0.4 is 0 Å². The lowest BCUT2D eigenvalue weighted by molar-refractivity contribution is 0.0204. The third kappa shape index (κ3) is 3.82. The molecule has 0 saturated carbocycles. The minimum absolute atomic E-state index is 0.220. The average Bonchev–Trinajstić information content (AvgIpc) is 3.37. The first-order valence-corrected chi connectivity index (χ1v) is 11.0. The number of carbonyl (C=O) groups is 1. The molecule has 2 aromatic heterocycles. The molecule has 3 heterocycles. The Balaban J connectivity index is 1.33. The van der Waals surface area contributed by atoms with E-state index in [9.17, 15) is 4.79 Å². The van der Waals surface area contributed by atoms with Crippen LogP contribution in [-0.2, 0) is 11.2 Å². The Morgan fingerprint density at radius 1 is 1.10 bits per heavy atom. The Hall–Kier alpha value is -3.15. The van der Waals surface area contributed by atoms with Gasteiger partial charge in [-0.3, -0.25) is 4.98 Å². The second-order valence-corrected chi connectivity index (χ2v) is 9.43. The zero-order valence-corrected chi connectivity index (χ0v) is 18.3. The van der Waals surface area contributed by atoms with Crippen LogP contribution >= 0.6 is 0 Å². The summed E-state index contributed by atoms with van der Waals surface area (Å²) < 4.78 is 7.64. The zero-order chi connectivity index (χ0) is 21.6. The number of carbonyl (C=O) groups excluding carboxylic acids is 1. The molecule has 3 aromatic rings. The molecule has 1 aromatic carbocycles. The maximum atomic E-state index is 12.3. The van der Waals surface area contributed by atoms with Crippen molar-refractivity contribution in [1.82, 2.24) is 19.4 Å². The summed E-state index contributed by atoms with van der Waals surface area (Å²) in [6.45, 7) is 7.10. The fourth-order valence-electron chi connectivity index (χ4n) is 4.60. The molecule has 1 aliphatic carbocycles. The number of nitrogens with zero attached hydrogens (tertiary/aromatic N) is 4. The van der Waals surface area contributed by atoms with Gasteiger partial charge in [0.25, 0.3) is 0 Å². The van der Waals surface area contributed by atoms with E-state index in [-0.39, 0.29) is 6.09 Å². The number of ether oxygens (including phenoxy) is 1. The van der Waals surface area contributed by atoms with Crippen LogP contribution in [0.4, 0.5) is 4.79 Å². The van der Waals surface area contributed by atoms with Gasteiger partial charge in [0.2, 0.25) is 0 Å². The molecule has 6 heteroatoms. The van der Waals surface area contributed by atoms with Crippen molar-refractivity contribution in [3.8, 4) is 16.8 Å². The van der Waals surface area contributed by atoms with E-state index < -0.39 is 5.60 Å². The van der Waals surface area contributed by atoms with E-state index in [1.54, 1.807) is 0 Å². The van der Waals surface area contributed by atoms with Crippen molar-refractivity contribution in [2.75, 3.05) is 13.1 Å². The molecule has 0 bridgehead atoms. The first-order chi connectivity index (χ1) is 14.9. The molecule has 0 radical (unpaired) electrons. The first-order valence-electron chi connectivity index (χ1n) is 11.0. The molecule has 1 saturated heterocycles. The highest BCUT2D eigenvalue weighted by Gasteiger charge is 2.29. The summed E-state index contributed by atoms with van der Waals surface area (Å²) in [5.41, 5.74) is 6.67. The van der Waals surface area contributed by atoms with Crippen molar-refractivity contribution in [2.45, 2.75) is 51.6 Å². The molecule has 1 fully saturated rings. The van der Waals surface area contributed by atoms with Crippen LogP contribution in [0.25, 0.3) is 16.8 Å². The third-order valence-corrected chi connectivity index (χ3v) is 6.10. The fourth-order valence-corrected chi connectivity index (χ4v) is 4.60. The van der Waals surface area contributed by atoms with Gasteiger partial charge in [-0.2, -0.15) is 0 Å². The van der Waals surface area contributed by atoms with Gasteiger partial charge in [0.05, 0.1) is 23.4 Å². The maximum absolute atomic E-state index is 12.3. The summed E-state index contributed by atoms with van der Waals surface area (Å²) in [5.74, 6) is 0.349. The molecule has 0 unspecified atom stereocenters. The number of likely N-dealkylation sites (tertiary alicyclic amines) is 1. The second-order valence-electron chi connectivity index (χ2n) is 9.43. The Bertz CT molecular complexity index is 1120. The van der Waals surface area contributed by atoms with Crippen molar-refractivity contribution in [2.24, 2.45) is 0 Å². The number of piperidine rings is 1. The molecular formula is C25H28N4O2. The van der Waals surface area contributed by atoms with Crippen LogP contribution in [-0.4, -0.2) is 44.2 Å². The van der Waals surface area contributed by atoms with E-state index in [0.717, 1.165) is 36.3 Å². The first kappa shape index (κ1) is 19.8. The van der Waals surface area contributed by atoms with E-state index >= 15 is 0 Å². The monoisotopic (exact) mass is 416 g/mol. The summed E-state index contributed by atoms with van der Waals surface area (Å²) in [7, 11) is 0. The van der Waals surface area contributed by atoms with Gasteiger partial charge >= 0.3 is 6.09 Å². The summed E-state index contributed by atoms with van der Waals surface area (Å²) in [4.78, 5) is 23.5. The van der Waals surface area contributed by atoms with Gasteiger partial charge in [0.1, 0.15) is 5.60 Å². The predicted molar refractivity (Wildman–Crippen MR) is 119 cm³/mol. The molecule has 31 heavy (non-hydrogen) atoms. The van der Waals surface area contributed by atoms with Crippen molar-refractivity contribution in [3.63, 3.8) is 0 Å². The highest BCUT2D eigenvalue weighted by molar-refractivity contribution is 5.82. The van der Waals surface area contributed by atoms with E-state index in [1.165, 1.54) is 16.7 Å². The molecule has 1 amide bonds. The van der Waals surface area contributed by atoms with E-state index in [2.05, 4.69) is 46.1 Å². The van der Waals surface area contributed by atoms with Crippen LogP contribution in [0.5, 0.6) is 0 Å². The van der Waals surface area contributed by atoms with E-state index in [1.807, 2.05) is 38.2 Å². The average molecular weight is 417 g/mol. The highest BCUT2D eigenvalue weighted by atomic mass is 16.6. The summed E-state index contributed by atoms with van der Waals surface area (Å²) in [5, 5.41) is 0. The van der Waals surface area contributed by atoms with Crippen molar-refractivity contribution in [1.29, 1.82) is 0 Å². The van der Waals surface area contributed by atoms with Crippen LogP contribution in [0.1, 0.15) is 56.5 Å². The number of amides is 1. The molecular weight excluding hydrogens is 388 g/mol. The predicted octanol–water partition coefficient (Wildman–Crippen LogP) is 4.95. The largest absolute Gasteiger partial charge is 0.444 e. The van der Waals surface area contributed by atoms with Gasteiger partial charge in [-0.25, -0.2) is 9.78 Å². The minimum atomic E-state index is -0.462. The number of fused-ring (bicyclic) bond motifs is 3. The number of benzene rings is 1. The van der Waals surface area contributed by atoms with Crippen LogP contribution in [0.3, 0.4) is 0 Å². The smallest absolute Gasteiger partial charge is 0.410 e. The molecule has 6 nitrogen and oxygen atoms in total. The lowest BCUT2D eigenvalue weighted by atomic mass is 9.94. The Morgan fingerprint density at radius 2 is 1.87 bits per heavy atom. The van der Waals surface area contributed by atoms with Gasteiger partial charge in [-0.05, 0) is 50.8 Å². The molecule has 0 N–H and O–H groups in total. The summed E-state index contributed by atoms with van der Waals surface area (Å²) in [6, 6.07) is 10.6. The standard InChI is InChI=1S/C25H28N4O2/c1-25(2,3)31-24(30)28-12-9-17(10-13-28)21-15-29(16-27-21)22-8-11-26-20-14-18-6-4-5-7-19(18)23(20)22/h4-8,11,15-17H,9-10,12-14H2,1-3H3. The number of rotatable bonds is 2. The minimum Gasteiger partial charge on any atom is -0.444 e. The normalized spacial score (nSPS) is 16.2. The molecule has 1 aliphatic heterocycles. The lowest BCUT2D eigenvalue weighted by Crippen LogP contribution is -2.41. The summed E-state index contributed by atoms with van der Waals surface area (Å²) in [6.07, 6.45) is 8.39. The van der Waals surface area contributed by atoms with Gasteiger partial charge in [0, 0.05) is 43.4 Å². The highest BCUT2D eigenvalue weighted by Crippen LogP contribution is 2.39. The van der Waals surface area contributed by atoms with Crippen LogP contribution in [0.2, 0.25) is 0 Å². The third-order valence-electron chi connectivity index (χ3n) is 6.10. The Labute approximate surface area is 182 Å². The number of aromatic nitrogens is 3. The SMILES string of the molecule is CC(C)(C)OC(=O)N1CCC(c2cn(-c3ccnc4c3-c3ccccc3C4)cn2)CC1. The molecule has 160 valence electrons. The second kappa shape index (κ2) is 7.52. The van der Waals surface area contributed by atoms with Gasteiger partial charge in [-0.15, -0.1) is 0 Å². The van der Waals surface area contributed by atoms with E-state index in [4.69, 9.17) is 9.72 Å². The van der Waals surface area contributed by atoms with Crippen LogP contribution in [0.15, 0.2) is 49.1 Å². The number of hydrogen-bond acceptors (Lipinski definition) is 4. The number of pyridine rings is 1.